The summed E-state index contributed by atoms with van der Waals surface area (Å²) in [5.74, 6) is 1.75. The van der Waals surface area contributed by atoms with Crippen LogP contribution < -0.4 is 0 Å². The summed E-state index contributed by atoms with van der Waals surface area (Å²) in [6.45, 7) is 26.4. The molecule has 232 valence electrons. The number of nitrogens with zero attached hydrogens (tertiary/aromatic N) is 1. The van der Waals surface area contributed by atoms with Gasteiger partial charge >= 0.3 is 5.97 Å². The molecule has 0 aromatic carbocycles. The highest BCUT2D eigenvalue weighted by Crippen LogP contribution is 2.37. The molecule has 0 radical (unpaired) electrons. The highest BCUT2D eigenvalue weighted by molar-refractivity contribution is 5.86. The van der Waals surface area contributed by atoms with Crippen LogP contribution in [0.5, 0.6) is 0 Å². The molecule has 0 aliphatic rings. The van der Waals surface area contributed by atoms with Gasteiger partial charge in [-0.25, -0.2) is 4.79 Å². The normalized spacial score (nSPS) is 14.4. The minimum atomic E-state index is -0.259. The van der Waals surface area contributed by atoms with E-state index in [2.05, 4.69) is 59.9 Å². The van der Waals surface area contributed by atoms with Crippen LogP contribution in [-0.2, 0) is 9.53 Å². The molecule has 0 N–H and O–H groups in total. The highest BCUT2D eigenvalue weighted by Gasteiger charge is 2.28. The summed E-state index contributed by atoms with van der Waals surface area (Å²) in [6.07, 6.45) is 22.8. The highest BCUT2D eigenvalue weighted by atomic mass is 16.5. The fourth-order valence-corrected chi connectivity index (χ4v) is 5.72. The quantitative estimate of drug-likeness (QED) is 0.0610. The van der Waals surface area contributed by atoms with E-state index < -0.39 is 0 Å². The van der Waals surface area contributed by atoms with Gasteiger partial charge in [-0.3, -0.25) is 0 Å². The van der Waals surface area contributed by atoms with Gasteiger partial charge in [0.1, 0.15) is 0 Å². The fourth-order valence-electron chi connectivity index (χ4n) is 5.72. The Hall–Kier alpha value is -0.830. The van der Waals surface area contributed by atoms with E-state index in [9.17, 15) is 4.79 Å². The van der Waals surface area contributed by atoms with Crippen LogP contribution in [0, 0.1) is 23.2 Å². The molecule has 39 heavy (non-hydrogen) atoms. The van der Waals surface area contributed by atoms with E-state index in [0.29, 0.717) is 29.4 Å². The number of carbonyl (C=O) groups excluding carboxylic acids is 1. The number of rotatable bonds is 26. The summed E-state index contributed by atoms with van der Waals surface area (Å²) >= 11 is 0. The van der Waals surface area contributed by atoms with Crippen molar-refractivity contribution < 1.29 is 9.53 Å². The third-order valence-electron chi connectivity index (χ3n) is 8.62. The average Bonchev–Trinajstić information content (AvgIpc) is 2.86. The van der Waals surface area contributed by atoms with Crippen molar-refractivity contribution in [3.8, 4) is 0 Å². The Morgan fingerprint density at radius 2 is 1.15 bits per heavy atom. The van der Waals surface area contributed by atoms with Crippen molar-refractivity contribution in [2.75, 3.05) is 26.2 Å². The van der Waals surface area contributed by atoms with Crippen molar-refractivity contribution in [3.05, 3.63) is 12.2 Å². The molecule has 0 fully saturated rings. The summed E-state index contributed by atoms with van der Waals surface area (Å²) in [6, 6.07) is 0. The minimum Gasteiger partial charge on any atom is -0.462 e. The number of hydrogen-bond donors (Lipinski definition) is 0. The molecule has 0 bridgehead atoms. The summed E-state index contributed by atoms with van der Waals surface area (Å²) in [5, 5.41) is 0. The van der Waals surface area contributed by atoms with E-state index in [-0.39, 0.29) is 5.97 Å². The SMILES string of the molecule is C=C(C)C(=O)OCCC(C)CC(CC(C)CCCN(CCCCCCCC)CCCCCCCC)C(C)(C)C. The van der Waals surface area contributed by atoms with Crippen LogP contribution in [0.25, 0.3) is 0 Å². The van der Waals surface area contributed by atoms with Crippen LogP contribution in [0.3, 0.4) is 0 Å². The lowest BCUT2D eigenvalue weighted by atomic mass is 9.71. The summed E-state index contributed by atoms with van der Waals surface area (Å²) in [5.41, 5.74) is 0.792. The maximum atomic E-state index is 11.7. The molecule has 0 saturated carbocycles. The predicted molar refractivity (Wildman–Crippen MR) is 173 cm³/mol. The Bertz CT molecular complexity index is 577. The lowest BCUT2D eigenvalue weighted by Crippen LogP contribution is -2.28. The average molecular weight is 550 g/mol. The van der Waals surface area contributed by atoms with Crippen LogP contribution in [0.1, 0.15) is 165 Å². The third kappa shape index (κ3) is 22.5. The Balaban J connectivity index is 4.60. The van der Waals surface area contributed by atoms with Crippen LogP contribution in [-0.4, -0.2) is 37.1 Å². The number of esters is 1. The van der Waals surface area contributed by atoms with Crippen molar-refractivity contribution in [1.29, 1.82) is 0 Å². The Kier molecular flexibility index (Phi) is 23.3. The summed E-state index contributed by atoms with van der Waals surface area (Å²) in [7, 11) is 0. The fraction of sp³-hybridized carbons (Fsp3) is 0.917. The third-order valence-corrected chi connectivity index (χ3v) is 8.62. The molecule has 3 unspecified atom stereocenters. The predicted octanol–water partition coefficient (Wildman–Crippen LogP) is 11.0. The zero-order valence-electron chi connectivity index (χ0n) is 28.1. The van der Waals surface area contributed by atoms with Crippen molar-refractivity contribution in [3.63, 3.8) is 0 Å². The first-order valence-corrected chi connectivity index (χ1v) is 17.1. The molecular weight excluding hydrogens is 478 g/mol. The molecule has 0 amide bonds. The standard InChI is InChI=1S/C36H71NO2/c1-10-12-14-16-18-20-25-37(26-21-19-17-15-13-11-2)27-22-23-32(5)29-34(36(7,8)9)30-33(6)24-28-39-35(38)31(3)4/h32-34H,3,10-30H2,1-2,4-9H3. The Morgan fingerprint density at radius 1 is 0.718 bits per heavy atom. The number of unbranched alkanes of at least 4 members (excludes halogenated alkanes) is 10. The van der Waals surface area contributed by atoms with Crippen LogP contribution in [0.2, 0.25) is 0 Å². The molecule has 0 heterocycles. The number of ether oxygens (including phenoxy) is 1. The van der Waals surface area contributed by atoms with Gasteiger partial charge in [0.25, 0.3) is 0 Å². The van der Waals surface area contributed by atoms with Gasteiger partial charge in [0.15, 0.2) is 0 Å². The molecule has 0 saturated heterocycles. The van der Waals surface area contributed by atoms with Crippen LogP contribution in [0.4, 0.5) is 0 Å². The molecule has 3 atom stereocenters. The molecule has 3 heteroatoms. The van der Waals surface area contributed by atoms with Crippen molar-refractivity contribution in [1.82, 2.24) is 4.90 Å². The minimum absolute atomic E-state index is 0.259. The second-order valence-corrected chi connectivity index (χ2v) is 14.0. The molecule has 3 nitrogen and oxygen atoms in total. The van der Waals surface area contributed by atoms with Crippen LogP contribution in [0.15, 0.2) is 12.2 Å². The molecule has 0 aliphatic heterocycles. The van der Waals surface area contributed by atoms with E-state index in [4.69, 9.17) is 4.74 Å². The first kappa shape index (κ1) is 38.2. The van der Waals surface area contributed by atoms with E-state index in [1.54, 1.807) is 6.92 Å². The molecular formula is C36H71NO2. The van der Waals surface area contributed by atoms with Crippen molar-refractivity contribution in [2.45, 2.75) is 165 Å². The topological polar surface area (TPSA) is 29.5 Å². The Morgan fingerprint density at radius 3 is 1.62 bits per heavy atom. The van der Waals surface area contributed by atoms with Gasteiger partial charge in [0.2, 0.25) is 0 Å². The van der Waals surface area contributed by atoms with Gasteiger partial charge in [0.05, 0.1) is 6.61 Å². The van der Waals surface area contributed by atoms with Gasteiger partial charge in [-0.15, -0.1) is 0 Å². The van der Waals surface area contributed by atoms with E-state index >= 15 is 0 Å². The summed E-state index contributed by atoms with van der Waals surface area (Å²) < 4.78 is 5.36. The molecule has 0 rings (SSSR count). The Labute approximate surface area is 246 Å². The second kappa shape index (κ2) is 23.8. The van der Waals surface area contributed by atoms with E-state index in [1.165, 1.54) is 122 Å². The van der Waals surface area contributed by atoms with E-state index in [1.807, 2.05) is 0 Å². The number of hydrogen-bond acceptors (Lipinski definition) is 3. The first-order chi connectivity index (χ1) is 18.5. The lowest BCUT2D eigenvalue weighted by Gasteiger charge is -2.35. The number of carbonyl (C=O) groups is 1. The van der Waals surface area contributed by atoms with Gasteiger partial charge in [-0.2, -0.15) is 0 Å². The van der Waals surface area contributed by atoms with Crippen molar-refractivity contribution >= 4 is 5.97 Å². The summed E-state index contributed by atoms with van der Waals surface area (Å²) in [4.78, 5) is 14.5. The molecule has 0 aromatic rings. The maximum Gasteiger partial charge on any atom is 0.333 e. The van der Waals surface area contributed by atoms with Gasteiger partial charge in [-0.05, 0) is 94.7 Å². The molecule has 0 spiro atoms. The first-order valence-electron chi connectivity index (χ1n) is 17.1. The van der Waals surface area contributed by atoms with Crippen LogP contribution >= 0.6 is 0 Å². The molecule has 0 aliphatic carbocycles. The van der Waals surface area contributed by atoms with Crippen molar-refractivity contribution in [2.24, 2.45) is 23.2 Å². The molecule has 0 aromatic heterocycles. The smallest absolute Gasteiger partial charge is 0.333 e. The maximum absolute atomic E-state index is 11.7. The van der Waals surface area contributed by atoms with Gasteiger partial charge in [-0.1, -0.05) is 119 Å². The zero-order chi connectivity index (χ0) is 29.5. The van der Waals surface area contributed by atoms with Gasteiger partial charge < -0.3 is 9.64 Å². The lowest BCUT2D eigenvalue weighted by molar-refractivity contribution is -0.139. The zero-order valence-corrected chi connectivity index (χ0v) is 28.1. The largest absolute Gasteiger partial charge is 0.462 e. The van der Waals surface area contributed by atoms with Gasteiger partial charge in [0, 0.05) is 5.57 Å². The monoisotopic (exact) mass is 550 g/mol. The van der Waals surface area contributed by atoms with E-state index in [0.717, 1.165) is 12.3 Å². The second-order valence-electron chi connectivity index (χ2n) is 14.0.